The van der Waals surface area contributed by atoms with E-state index in [-0.39, 0.29) is 11.9 Å². The molecular weight excluding hydrogens is 438 g/mol. The Morgan fingerprint density at radius 3 is 2.34 bits per heavy atom. The van der Waals surface area contributed by atoms with E-state index in [2.05, 4.69) is 16.0 Å². The molecule has 0 radical (unpaired) electrons. The van der Waals surface area contributed by atoms with E-state index in [0.717, 1.165) is 41.8 Å². The molecule has 4 aromatic rings. The van der Waals surface area contributed by atoms with Gasteiger partial charge in [0, 0.05) is 28.3 Å². The number of urea groups is 1. The first-order valence-electron chi connectivity index (χ1n) is 11.7. The second-order valence-electron chi connectivity index (χ2n) is 8.80. The van der Waals surface area contributed by atoms with Crippen LogP contribution in [0.25, 0.3) is 5.69 Å². The van der Waals surface area contributed by atoms with Gasteiger partial charge in [-0.25, -0.2) is 9.48 Å². The van der Waals surface area contributed by atoms with Crippen molar-refractivity contribution < 1.29 is 9.59 Å². The van der Waals surface area contributed by atoms with Gasteiger partial charge in [0.15, 0.2) is 5.69 Å². The molecule has 0 bridgehead atoms. The predicted octanol–water partition coefficient (Wildman–Crippen LogP) is 5.87. The lowest BCUT2D eigenvalue weighted by Crippen LogP contribution is -2.20. The highest BCUT2D eigenvalue weighted by atomic mass is 16.2. The lowest BCUT2D eigenvalue weighted by Gasteiger charge is -2.12. The van der Waals surface area contributed by atoms with E-state index in [9.17, 15) is 9.59 Å². The van der Waals surface area contributed by atoms with Gasteiger partial charge in [-0.05, 0) is 75.1 Å². The number of rotatable bonds is 5. The summed E-state index contributed by atoms with van der Waals surface area (Å²) in [7, 11) is 0. The summed E-state index contributed by atoms with van der Waals surface area (Å²) in [6.07, 6.45) is 2.75. The van der Waals surface area contributed by atoms with Crippen LogP contribution in [-0.2, 0) is 12.8 Å². The Balaban J connectivity index is 1.35. The summed E-state index contributed by atoms with van der Waals surface area (Å²) >= 11 is 0. The van der Waals surface area contributed by atoms with Crippen LogP contribution in [0.5, 0.6) is 0 Å². The number of para-hydroxylation sites is 1. The highest BCUT2D eigenvalue weighted by Crippen LogP contribution is 2.29. The molecule has 176 valence electrons. The molecule has 0 aliphatic heterocycles. The normalized spacial score (nSPS) is 12.2. The van der Waals surface area contributed by atoms with Gasteiger partial charge in [-0.15, -0.1) is 0 Å². The quantitative estimate of drug-likeness (QED) is 0.344. The van der Waals surface area contributed by atoms with E-state index in [0.29, 0.717) is 22.8 Å². The smallest absolute Gasteiger partial charge is 0.320 e. The van der Waals surface area contributed by atoms with Crippen LogP contribution in [0.1, 0.15) is 39.3 Å². The number of anilines is 3. The first-order valence-corrected chi connectivity index (χ1v) is 11.7. The number of nitrogens with one attached hydrogen (secondary N) is 3. The number of nitrogens with zero attached hydrogens (tertiary/aromatic N) is 2. The molecule has 0 saturated heterocycles. The molecule has 3 amide bonds. The summed E-state index contributed by atoms with van der Waals surface area (Å²) in [6, 6.07) is 22.5. The van der Waals surface area contributed by atoms with Crippen molar-refractivity contribution in [3.05, 3.63) is 101 Å². The van der Waals surface area contributed by atoms with Crippen molar-refractivity contribution in [2.24, 2.45) is 0 Å². The van der Waals surface area contributed by atoms with Crippen molar-refractivity contribution >= 4 is 29.0 Å². The third-order valence-electron chi connectivity index (χ3n) is 6.20. The number of benzene rings is 3. The SMILES string of the molecule is Cc1ccc(-n2nc(C(=O)Nc3cc(NC(=O)Nc4ccccc4)ccc3C)c3c2CCC3)cc1. The lowest BCUT2D eigenvalue weighted by atomic mass is 10.1. The second-order valence-corrected chi connectivity index (χ2v) is 8.80. The summed E-state index contributed by atoms with van der Waals surface area (Å²) in [4.78, 5) is 25.7. The van der Waals surface area contributed by atoms with Gasteiger partial charge in [-0.1, -0.05) is 42.0 Å². The fraction of sp³-hybridized carbons (Fsp3) is 0.179. The number of aryl methyl sites for hydroxylation is 2. The number of amides is 3. The summed E-state index contributed by atoms with van der Waals surface area (Å²) in [6.45, 7) is 3.96. The number of hydrogen-bond donors (Lipinski definition) is 3. The van der Waals surface area contributed by atoms with Crippen LogP contribution < -0.4 is 16.0 Å². The van der Waals surface area contributed by atoms with E-state index in [1.165, 1.54) is 5.56 Å². The lowest BCUT2D eigenvalue weighted by molar-refractivity contribution is 0.102. The molecular formula is C28H27N5O2. The maximum absolute atomic E-state index is 13.3. The van der Waals surface area contributed by atoms with Crippen molar-refractivity contribution in [2.75, 3.05) is 16.0 Å². The summed E-state index contributed by atoms with van der Waals surface area (Å²) in [5, 5.41) is 13.3. The molecule has 35 heavy (non-hydrogen) atoms. The van der Waals surface area contributed by atoms with Gasteiger partial charge >= 0.3 is 6.03 Å². The van der Waals surface area contributed by atoms with Crippen LogP contribution in [0.4, 0.5) is 21.9 Å². The Morgan fingerprint density at radius 1 is 0.829 bits per heavy atom. The molecule has 7 nitrogen and oxygen atoms in total. The highest BCUT2D eigenvalue weighted by molar-refractivity contribution is 6.05. The molecule has 3 N–H and O–H groups in total. The Hall–Kier alpha value is -4.39. The van der Waals surface area contributed by atoms with Crippen molar-refractivity contribution in [2.45, 2.75) is 33.1 Å². The molecule has 0 fully saturated rings. The van der Waals surface area contributed by atoms with Crippen LogP contribution in [0, 0.1) is 13.8 Å². The zero-order valence-corrected chi connectivity index (χ0v) is 19.8. The zero-order chi connectivity index (χ0) is 24.4. The maximum atomic E-state index is 13.3. The average Bonchev–Trinajstić information content (AvgIpc) is 3.45. The zero-order valence-electron chi connectivity index (χ0n) is 19.8. The summed E-state index contributed by atoms with van der Waals surface area (Å²) in [5.74, 6) is -0.247. The van der Waals surface area contributed by atoms with Gasteiger partial charge in [0.2, 0.25) is 0 Å². The highest BCUT2D eigenvalue weighted by Gasteiger charge is 2.27. The number of aromatic nitrogens is 2. The minimum atomic E-state index is -0.355. The molecule has 1 heterocycles. The summed E-state index contributed by atoms with van der Waals surface area (Å²) < 4.78 is 1.90. The van der Waals surface area contributed by atoms with Gasteiger partial charge in [-0.2, -0.15) is 5.10 Å². The van der Waals surface area contributed by atoms with E-state index in [1.807, 2.05) is 79.2 Å². The van der Waals surface area contributed by atoms with Crippen LogP contribution in [0.15, 0.2) is 72.8 Å². The van der Waals surface area contributed by atoms with Crippen LogP contribution in [0.2, 0.25) is 0 Å². The molecule has 0 atom stereocenters. The first-order chi connectivity index (χ1) is 17.0. The molecule has 1 aliphatic carbocycles. The molecule has 1 aromatic heterocycles. The minimum Gasteiger partial charge on any atom is -0.320 e. The predicted molar refractivity (Wildman–Crippen MR) is 139 cm³/mol. The third kappa shape index (κ3) is 4.80. The van der Waals surface area contributed by atoms with E-state index >= 15 is 0 Å². The fourth-order valence-electron chi connectivity index (χ4n) is 4.35. The molecule has 0 unspecified atom stereocenters. The first kappa shape index (κ1) is 22.4. The summed E-state index contributed by atoms with van der Waals surface area (Å²) in [5.41, 5.74) is 7.50. The van der Waals surface area contributed by atoms with E-state index in [4.69, 9.17) is 5.10 Å². The van der Waals surface area contributed by atoms with Gasteiger partial charge in [0.05, 0.1) is 5.69 Å². The number of carbonyl (C=O) groups is 2. The van der Waals surface area contributed by atoms with E-state index < -0.39 is 0 Å². The molecule has 1 aliphatic rings. The topological polar surface area (TPSA) is 88.1 Å². The molecule has 5 rings (SSSR count). The third-order valence-corrected chi connectivity index (χ3v) is 6.20. The Labute approximate surface area is 204 Å². The van der Waals surface area contributed by atoms with Crippen LogP contribution in [-0.4, -0.2) is 21.7 Å². The Kier molecular flexibility index (Phi) is 6.06. The molecule has 3 aromatic carbocycles. The maximum Gasteiger partial charge on any atom is 0.323 e. The van der Waals surface area contributed by atoms with Gasteiger partial charge in [-0.3, -0.25) is 4.79 Å². The molecule has 0 saturated carbocycles. The average molecular weight is 466 g/mol. The Morgan fingerprint density at radius 2 is 1.57 bits per heavy atom. The van der Waals surface area contributed by atoms with Crippen molar-refractivity contribution in [3.63, 3.8) is 0 Å². The van der Waals surface area contributed by atoms with E-state index in [1.54, 1.807) is 12.1 Å². The number of hydrogen-bond acceptors (Lipinski definition) is 3. The standard InChI is InChI=1S/C28H27N5O2/c1-18-11-15-22(16-12-18)33-25-10-6-9-23(25)26(32-33)27(34)31-24-17-21(14-13-19(24)2)30-28(35)29-20-7-4-3-5-8-20/h3-5,7-8,11-17H,6,9-10H2,1-2H3,(H,31,34)(H2,29,30,35). The second kappa shape index (κ2) is 9.46. The van der Waals surface area contributed by atoms with Crippen molar-refractivity contribution in [1.29, 1.82) is 0 Å². The Bertz CT molecular complexity index is 1390. The number of carbonyl (C=O) groups excluding carboxylic acids is 2. The minimum absolute atomic E-state index is 0.247. The molecule has 0 spiro atoms. The van der Waals surface area contributed by atoms with Crippen LogP contribution >= 0.6 is 0 Å². The largest absolute Gasteiger partial charge is 0.323 e. The fourth-order valence-corrected chi connectivity index (χ4v) is 4.35. The van der Waals surface area contributed by atoms with Gasteiger partial charge < -0.3 is 16.0 Å². The number of fused-ring (bicyclic) bond motifs is 1. The molecule has 7 heteroatoms. The van der Waals surface area contributed by atoms with Crippen molar-refractivity contribution in [3.8, 4) is 5.69 Å². The van der Waals surface area contributed by atoms with Crippen LogP contribution in [0.3, 0.4) is 0 Å². The van der Waals surface area contributed by atoms with Gasteiger partial charge in [0.1, 0.15) is 0 Å². The monoisotopic (exact) mass is 465 g/mol. The van der Waals surface area contributed by atoms with Crippen molar-refractivity contribution in [1.82, 2.24) is 9.78 Å². The van der Waals surface area contributed by atoms with Gasteiger partial charge in [0.25, 0.3) is 5.91 Å².